The second kappa shape index (κ2) is 11.8. The highest BCUT2D eigenvalue weighted by molar-refractivity contribution is 6.04. The summed E-state index contributed by atoms with van der Waals surface area (Å²) in [6, 6.07) is 18.7. The zero-order valence-electron chi connectivity index (χ0n) is 20.4. The number of rotatable bonds is 9. The third-order valence-electron chi connectivity index (χ3n) is 5.81. The Bertz CT molecular complexity index is 1410. The minimum absolute atomic E-state index is 0.0430. The topological polar surface area (TPSA) is 163 Å². The van der Waals surface area contributed by atoms with E-state index in [1.807, 2.05) is 30.3 Å². The smallest absolute Gasteiger partial charge is 0.338 e. The fourth-order valence-corrected chi connectivity index (χ4v) is 3.95. The van der Waals surface area contributed by atoms with Crippen LogP contribution in [0.5, 0.6) is 5.75 Å². The predicted molar refractivity (Wildman–Crippen MR) is 138 cm³/mol. The molecule has 3 aromatic rings. The molecule has 0 unspecified atom stereocenters. The number of aliphatic imine (C=N–C) groups is 1. The van der Waals surface area contributed by atoms with Gasteiger partial charge in [0, 0.05) is 18.5 Å². The van der Waals surface area contributed by atoms with Crippen LogP contribution in [0.15, 0.2) is 71.7 Å². The van der Waals surface area contributed by atoms with Gasteiger partial charge >= 0.3 is 5.97 Å². The number of nitrogens with zero attached hydrogens (tertiary/aromatic N) is 1. The van der Waals surface area contributed by atoms with Crippen molar-refractivity contribution in [3.63, 3.8) is 0 Å². The number of benzene rings is 3. The number of ketones is 1. The summed E-state index contributed by atoms with van der Waals surface area (Å²) in [7, 11) is 0. The SMILES string of the molecule is NC(N)=NC(=O)c1ccc(C(=O)OCc2ccccc2)cc1CC(=O)COc1ccc2c(c1)CNC(=O)C2. The van der Waals surface area contributed by atoms with Crippen LogP contribution in [0.3, 0.4) is 0 Å². The molecule has 1 aliphatic rings. The first kappa shape index (κ1) is 26.1. The van der Waals surface area contributed by atoms with Gasteiger partial charge in [0.2, 0.25) is 5.91 Å². The van der Waals surface area contributed by atoms with Crippen LogP contribution >= 0.6 is 0 Å². The standard InChI is InChI=1S/C28H26N4O6/c29-28(30)32-26(35)24-9-7-19(27(36)38-15-17-4-2-1-3-5-17)10-20(24)11-22(33)16-37-23-8-6-18-13-25(34)31-14-21(18)12-23/h1-10,12H,11,13-16H2,(H,31,34)(H4,29,30,32,35). The van der Waals surface area contributed by atoms with Crippen molar-refractivity contribution in [2.24, 2.45) is 16.5 Å². The number of nitrogens with one attached hydrogen (secondary N) is 1. The Balaban J connectivity index is 1.47. The number of hydrogen-bond acceptors (Lipinski definition) is 6. The van der Waals surface area contributed by atoms with Crippen molar-refractivity contribution in [2.75, 3.05) is 6.61 Å². The molecule has 0 fully saturated rings. The molecule has 0 atom stereocenters. The van der Waals surface area contributed by atoms with Gasteiger partial charge in [-0.25, -0.2) is 4.79 Å². The normalized spacial score (nSPS) is 12.1. The second-order valence-electron chi connectivity index (χ2n) is 8.66. The summed E-state index contributed by atoms with van der Waals surface area (Å²) >= 11 is 0. The highest BCUT2D eigenvalue weighted by Gasteiger charge is 2.19. The van der Waals surface area contributed by atoms with E-state index < -0.39 is 17.8 Å². The minimum atomic E-state index is -0.741. The molecule has 5 N–H and O–H groups in total. The maximum absolute atomic E-state index is 12.8. The van der Waals surface area contributed by atoms with Gasteiger partial charge in [0.1, 0.15) is 19.0 Å². The Hall–Kier alpha value is -4.99. The summed E-state index contributed by atoms with van der Waals surface area (Å²) in [6.45, 7) is 0.188. The maximum atomic E-state index is 12.8. The molecule has 1 aliphatic heterocycles. The number of nitrogens with two attached hydrogens (primary N) is 2. The van der Waals surface area contributed by atoms with E-state index in [2.05, 4.69) is 10.3 Å². The summed E-state index contributed by atoms with van der Waals surface area (Å²) in [4.78, 5) is 53.1. The lowest BCUT2D eigenvalue weighted by Gasteiger charge is -2.17. The van der Waals surface area contributed by atoms with E-state index in [4.69, 9.17) is 20.9 Å². The van der Waals surface area contributed by atoms with E-state index in [-0.39, 0.29) is 48.0 Å². The fraction of sp³-hybridized carbons (Fsp3) is 0.179. The summed E-state index contributed by atoms with van der Waals surface area (Å²) in [6.07, 6.45) is 0.0904. The Morgan fingerprint density at radius 3 is 2.50 bits per heavy atom. The molecule has 0 radical (unpaired) electrons. The monoisotopic (exact) mass is 514 g/mol. The molecule has 0 aliphatic carbocycles. The van der Waals surface area contributed by atoms with Gasteiger partial charge in [-0.3, -0.25) is 14.4 Å². The first-order valence-corrected chi connectivity index (χ1v) is 11.8. The molecule has 2 amide bonds. The van der Waals surface area contributed by atoms with Gasteiger partial charge in [0.25, 0.3) is 5.91 Å². The van der Waals surface area contributed by atoms with Gasteiger partial charge in [0.05, 0.1) is 12.0 Å². The van der Waals surface area contributed by atoms with E-state index in [1.165, 1.54) is 18.2 Å². The summed E-state index contributed by atoms with van der Waals surface area (Å²) in [5, 5.41) is 2.77. The molecule has 38 heavy (non-hydrogen) atoms. The molecule has 0 saturated heterocycles. The largest absolute Gasteiger partial charge is 0.486 e. The third-order valence-corrected chi connectivity index (χ3v) is 5.81. The van der Waals surface area contributed by atoms with Crippen molar-refractivity contribution in [3.8, 4) is 5.75 Å². The lowest BCUT2D eigenvalue weighted by Crippen LogP contribution is -2.30. The number of guanidine groups is 1. The number of amides is 2. The molecule has 0 spiro atoms. The quantitative estimate of drug-likeness (QED) is 0.221. The lowest BCUT2D eigenvalue weighted by molar-refractivity contribution is -0.121. The van der Waals surface area contributed by atoms with E-state index in [9.17, 15) is 19.2 Å². The molecule has 10 heteroatoms. The minimum Gasteiger partial charge on any atom is -0.486 e. The van der Waals surface area contributed by atoms with Crippen molar-refractivity contribution >= 4 is 29.5 Å². The number of carbonyl (C=O) groups excluding carboxylic acids is 4. The van der Waals surface area contributed by atoms with Crippen molar-refractivity contribution in [1.29, 1.82) is 0 Å². The molecule has 0 saturated carbocycles. The Morgan fingerprint density at radius 1 is 0.947 bits per heavy atom. The Kier molecular flexibility index (Phi) is 8.12. The van der Waals surface area contributed by atoms with Gasteiger partial charge in [-0.15, -0.1) is 0 Å². The van der Waals surface area contributed by atoms with Crippen LogP contribution in [0.25, 0.3) is 0 Å². The zero-order valence-corrected chi connectivity index (χ0v) is 20.4. The summed E-state index contributed by atoms with van der Waals surface area (Å²) < 4.78 is 11.0. The van der Waals surface area contributed by atoms with Crippen molar-refractivity contribution in [2.45, 2.75) is 26.0 Å². The predicted octanol–water partition coefficient (Wildman–Crippen LogP) is 1.82. The zero-order chi connectivity index (χ0) is 27.1. The van der Waals surface area contributed by atoms with Gasteiger partial charge in [-0.1, -0.05) is 36.4 Å². The number of carbonyl (C=O) groups is 4. The van der Waals surface area contributed by atoms with E-state index in [0.717, 1.165) is 16.7 Å². The average molecular weight is 515 g/mol. The van der Waals surface area contributed by atoms with Gasteiger partial charge in [-0.2, -0.15) is 4.99 Å². The van der Waals surface area contributed by atoms with Crippen LogP contribution < -0.4 is 21.5 Å². The number of hydrogen-bond donors (Lipinski definition) is 3. The van der Waals surface area contributed by atoms with Crippen LogP contribution in [-0.4, -0.2) is 36.1 Å². The molecule has 194 valence electrons. The molecule has 3 aromatic carbocycles. The van der Waals surface area contributed by atoms with Crippen LogP contribution in [-0.2, 0) is 40.3 Å². The first-order valence-electron chi connectivity index (χ1n) is 11.8. The van der Waals surface area contributed by atoms with Crippen molar-refractivity contribution < 1.29 is 28.7 Å². The number of fused-ring (bicyclic) bond motifs is 1. The summed E-state index contributed by atoms with van der Waals surface area (Å²) in [5.41, 5.74) is 13.8. The van der Waals surface area contributed by atoms with Crippen LogP contribution in [0, 0.1) is 0 Å². The third kappa shape index (κ3) is 6.82. The van der Waals surface area contributed by atoms with Crippen molar-refractivity contribution in [1.82, 2.24) is 5.32 Å². The Labute approximate surface area is 218 Å². The first-order chi connectivity index (χ1) is 18.3. The number of ether oxygens (including phenoxy) is 2. The van der Waals surface area contributed by atoms with Gasteiger partial charge in [0.15, 0.2) is 11.7 Å². The molecule has 4 rings (SSSR count). The average Bonchev–Trinajstić information content (AvgIpc) is 2.90. The Morgan fingerprint density at radius 2 is 1.74 bits per heavy atom. The molecule has 10 nitrogen and oxygen atoms in total. The lowest BCUT2D eigenvalue weighted by atomic mass is 9.98. The molecular weight excluding hydrogens is 488 g/mol. The highest BCUT2D eigenvalue weighted by atomic mass is 16.5. The van der Waals surface area contributed by atoms with E-state index >= 15 is 0 Å². The molecule has 0 bridgehead atoms. The molecule has 0 aromatic heterocycles. The van der Waals surface area contributed by atoms with Crippen LogP contribution in [0.2, 0.25) is 0 Å². The molecular formula is C28H26N4O6. The molecule has 1 heterocycles. The number of Topliss-reactive ketones (excluding diaryl/α,β-unsaturated/α-hetero) is 1. The van der Waals surface area contributed by atoms with Crippen LogP contribution in [0.1, 0.15) is 43.0 Å². The summed E-state index contributed by atoms with van der Waals surface area (Å²) in [5.74, 6) is -1.69. The van der Waals surface area contributed by atoms with Gasteiger partial charge < -0.3 is 26.3 Å². The number of esters is 1. The van der Waals surface area contributed by atoms with E-state index in [1.54, 1.807) is 18.2 Å². The van der Waals surface area contributed by atoms with E-state index in [0.29, 0.717) is 18.7 Å². The van der Waals surface area contributed by atoms with Gasteiger partial charge in [-0.05, 0) is 52.6 Å². The van der Waals surface area contributed by atoms with Crippen LogP contribution in [0.4, 0.5) is 0 Å². The second-order valence-corrected chi connectivity index (χ2v) is 8.66. The fourth-order valence-electron chi connectivity index (χ4n) is 3.95. The van der Waals surface area contributed by atoms with Crippen molar-refractivity contribution in [3.05, 3.63) is 100 Å². The highest BCUT2D eigenvalue weighted by Crippen LogP contribution is 2.22. The maximum Gasteiger partial charge on any atom is 0.338 e.